The number of benzene rings is 1. The van der Waals surface area contributed by atoms with Crippen LogP contribution >= 0.6 is 0 Å². The summed E-state index contributed by atoms with van der Waals surface area (Å²) in [6.07, 6.45) is -0.0747. The Morgan fingerprint density at radius 1 is 1.33 bits per heavy atom. The van der Waals surface area contributed by atoms with Gasteiger partial charge < -0.3 is 19.8 Å². The Bertz CT molecular complexity index is 755. The summed E-state index contributed by atoms with van der Waals surface area (Å²) in [6.45, 7) is 3.06. The standard InChI is InChI=1S/C16H19N3O5/c1-10(16(22)23)19(8-7-17-11(2)20)15(21)9-13-12-5-3-4-6-14(12)24-18-13/h3-6,10H,7-9H2,1-2H3,(H,17,20)(H,22,23). The van der Waals surface area contributed by atoms with Crippen LogP contribution in [0.4, 0.5) is 0 Å². The molecule has 1 aromatic carbocycles. The van der Waals surface area contributed by atoms with Gasteiger partial charge in [-0.2, -0.15) is 0 Å². The zero-order chi connectivity index (χ0) is 17.7. The lowest BCUT2D eigenvalue weighted by Gasteiger charge is -2.26. The van der Waals surface area contributed by atoms with Gasteiger partial charge >= 0.3 is 5.97 Å². The molecule has 0 saturated carbocycles. The normalized spacial score (nSPS) is 11.9. The number of carboxylic acids is 1. The zero-order valence-corrected chi connectivity index (χ0v) is 13.5. The van der Waals surface area contributed by atoms with Crippen molar-refractivity contribution >= 4 is 28.8 Å². The summed E-state index contributed by atoms with van der Waals surface area (Å²) >= 11 is 0. The van der Waals surface area contributed by atoms with Gasteiger partial charge in [-0.25, -0.2) is 4.79 Å². The maximum atomic E-state index is 12.5. The van der Waals surface area contributed by atoms with Crippen molar-refractivity contribution in [2.24, 2.45) is 0 Å². The first-order chi connectivity index (χ1) is 11.4. The lowest BCUT2D eigenvalue weighted by molar-refractivity contribution is -0.149. The highest BCUT2D eigenvalue weighted by atomic mass is 16.5. The van der Waals surface area contributed by atoms with E-state index < -0.39 is 17.9 Å². The fourth-order valence-electron chi connectivity index (χ4n) is 2.33. The molecule has 2 N–H and O–H groups in total. The quantitative estimate of drug-likeness (QED) is 0.775. The Morgan fingerprint density at radius 3 is 2.71 bits per heavy atom. The zero-order valence-electron chi connectivity index (χ0n) is 13.5. The number of amides is 2. The third-order valence-electron chi connectivity index (χ3n) is 3.64. The molecule has 0 aliphatic rings. The van der Waals surface area contributed by atoms with E-state index in [0.717, 1.165) is 5.39 Å². The highest BCUT2D eigenvalue weighted by Gasteiger charge is 2.26. The smallest absolute Gasteiger partial charge is 0.326 e. The molecule has 1 unspecified atom stereocenters. The number of fused-ring (bicyclic) bond motifs is 1. The molecule has 0 radical (unpaired) electrons. The molecule has 2 aromatic rings. The molecule has 2 rings (SSSR count). The number of carbonyl (C=O) groups excluding carboxylic acids is 2. The lowest BCUT2D eigenvalue weighted by atomic mass is 10.1. The Balaban J connectivity index is 2.14. The predicted molar refractivity (Wildman–Crippen MR) is 85.2 cm³/mol. The van der Waals surface area contributed by atoms with E-state index in [1.54, 1.807) is 18.2 Å². The number of carbonyl (C=O) groups is 3. The molecule has 128 valence electrons. The molecule has 0 saturated heterocycles. The first-order valence-corrected chi connectivity index (χ1v) is 7.50. The number of rotatable bonds is 7. The van der Waals surface area contributed by atoms with Gasteiger partial charge in [0.25, 0.3) is 0 Å². The van der Waals surface area contributed by atoms with Crippen LogP contribution in [0.2, 0.25) is 0 Å². The molecular formula is C16H19N3O5. The van der Waals surface area contributed by atoms with Crippen molar-refractivity contribution in [2.45, 2.75) is 26.3 Å². The van der Waals surface area contributed by atoms with E-state index in [0.29, 0.717) is 11.3 Å². The average molecular weight is 333 g/mol. The third kappa shape index (κ3) is 4.09. The first kappa shape index (κ1) is 17.5. The Labute approximate surface area is 138 Å². The molecular weight excluding hydrogens is 314 g/mol. The van der Waals surface area contributed by atoms with Crippen molar-refractivity contribution in [3.8, 4) is 0 Å². The van der Waals surface area contributed by atoms with Crippen LogP contribution < -0.4 is 5.32 Å². The minimum absolute atomic E-state index is 0.0747. The van der Waals surface area contributed by atoms with Crippen molar-refractivity contribution in [3.63, 3.8) is 0 Å². The summed E-state index contributed by atoms with van der Waals surface area (Å²) in [7, 11) is 0. The lowest BCUT2D eigenvalue weighted by Crippen LogP contribution is -2.47. The molecule has 2 amide bonds. The van der Waals surface area contributed by atoms with E-state index in [2.05, 4.69) is 10.5 Å². The Kier molecular flexibility index (Phi) is 5.51. The van der Waals surface area contributed by atoms with E-state index in [4.69, 9.17) is 4.52 Å². The fraction of sp³-hybridized carbons (Fsp3) is 0.375. The molecule has 8 nitrogen and oxygen atoms in total. The van der Waals surface area contributed by atoms with Gasteiger partial charge in [0.05, 0.1) is 6.42 Å². The van der Waals surface area contributed by atoms with Gasteiger partial charge in [0.15, 0.2) is 5.58 Å². The number of carboxylic acid groups (broad SMARTS) is 1. The highest BCUT2D eigenvalue weighted by Crippen LogP contribution is 2.19. The summed E-state index contributed by atoms with van der Waals surface area (Å²) in [5.41, 5.74) is 1.02. The SMILES string of the molecule is CC(=O)NCCN(C(=O)Cc1noc2ccccc12)C(C)C(=O)O. The molecule has 0 fully saturated rings. The summed E-state index contributed by atoms with van der Waals surface area (Å²) in [5, 5.41) is 16.4. The summed E-state index contributed by atoms with van der Waals surface area (Å²) in [4.78, 5) is 35.9. The largest absolute Gasteiger partial charge is 0.480 e. The second kappa shape index (κ2) is 7.58. The number of aromatic nitrogens is 1. The van der Waals surface area contributed by atoms with Gasteiger partial charge in [-0.3, -0.25) is 9.59 Å². The van der Waals surface area contributed by atoms with Gasteiger partial charge in [-0.05, 0) is 19.1 Å². The molecule has 0 aliphatic heterocycles. The second-order valence-electron chi connectivity index (χ2n) is 5.39. The maximum Gasteiger partial charge on any atom is 0.326 e. The Hall–Kier alpha value is -2.90. The van der Waals surface area contributed by atoms with E-state index >= 15 is 0 Å². The van der Waals surface area contributed by atoms with Crippen LogP contribution in [0.15, 0.2) is 28.8 Å². The molecule has 8 heteroatoms. The van der Waals surface area contributed by atoms with Crippen molar-refractivity contribution in [1.29, 1.82) is 0 Å². The van der Waals surface area contributed by atoms with E-state index in [1.165, 1.54) is 18.7 Å². The molecule has 24 heavy (non-hydrogen) atoms. The number of hydrogen-bond donors (Lipinski definition) is 2. The van der Waals surface area contributed by atoms with Crippen LogP contribution in [-0.4, -0.2) is 52.1 Å². The number of aliphatic carboxylic acids is 1. The maximum absolute atomic E-state index is 12.5. The van der Waals surface area contributed by atoms with Gasteiger partial charge in [0.2, 0.25) is 11.8 Å². The minimum atomic E-state index is -1.11. The second-order valence-corrected chi connectivity index (χ2v) is 5.39. The van der Waals surface area contributed by atoms with Crippen LogP contribution in [0.1, 0.15) is 19.5 Å². The molecule has 1 atom stereocenters. The summed E-state index contributed by atoms with van der Waals surface area (Å²) in [5.74, 6) is -1.75. The van der Waals surface area contributed by atoms with Crippen molar-refractivity contribution in [1.82, 2.24) is 15.4 Å². The number of para-hydroxylation sites is 1. The van der Waals surface area contributed by atoms with Crippen molar-refractivity contribution < 1.29 is 24.0 Å². The average Bonchev–Trinajstić information content (AvgIpc) is 2.93. The predicted octanol–water partition coefficient (Wildman–Crippen LogP) is 0.808. The van der Waals surface area contributed by atoms with Gasteiger partial charge in [0.1, 0.15) is 11.7 Å². The summed E-state index contributed by atoms with van der Waals surface area (Å²) in [6, 6.07) is 6.12. The Morgan fingerprint density at radius 2 is 2.04 bits per heavy atom. The third-order valence-corrected chi connectivity index (χ3v) is 3.64. The van der Waals surface area contributed by atoms with E-state index in [-0.39, 0.29) is 25.4 Å². The number of nitrogens with one attached hydrogen (secondary N) is 1. The number of nitrogens with zero attached hydrogens (tertiary/aromatic N) is 2. The summed E-state index contributed by atoms with van der Waals surface area (Å²) < 4.78 is 5.16. The fourth-order valence-corrected chi connectivity index (χ4v) is 2.33. The van der Waals surface area contributed by atoms with Crippen LogP contribution in [0.25, 0.3) is 11.0 Å². The van der Waals surface area contributed by atoms with Crippen LogP contribution in [0.3, 0.4) is 0 Å². The van der Waals surface area contributed by atoms with E-state index in [9.17, 15) is 19.5 Å². The first-order valence-electron chi connectivity index (χ1n) is 7.50. The molecule has 0 spiro atoms. The topological polar surface area (TPSA) is 113 Å². The molecule has 1 heterocycles. The van der Waals surface area contributed by atoms with Crippen LogP contribution in [0, 0.1) is 0 Å². The van der Waals surface area contributed by atoms with Crippen molar-refractivity contribution in [3.05, 3.63) is 30.0 Å². The van der Waals surface area contributed by atoms with Gasteiger partial charge in [-0.15, -0.1) is 0 Å². The molecule has 0 aliphatic carbocycles. The highest BCUT2D eigenvalue weighted by molar-refractivity contribution is 5.88. The minimum Gasteiger partial charge on any atom is -0.480 e. The molecule has 1 aromatic heterocycles. The number of hydrogen-bond acceptors (Lipinski definition) is 5. The molecule has 0 bridgehead atoms. The van der Waals surface area contributed by atoms with E-state index in [1.807, 2.05) is 6.07 Å². The van der Waals surface area contributed by atoms with Gasteiger partial charge in [-0.1, -0.05) is 17.3 Å². The van der Waals surface area contributed by atoms with Gasteiger partial charge in [0, 0.05) is 25.4 Å². The van der Waals surface area contributed by atoms with Crippen LogP contribution in [-0.2, 0) is 20.8 Å². The monoisotopic (exact) mass is 333 g/mol. The van der Waals surface area contributed by atoms with Crippen molar-refractivity contribution in [2.75, 3.05) is 13.1 Å². The van der Waals surface area contributed by atoms with Crippen LogP contribution in [0.5, 0.6) is 0 Å².